The van der Waals surface area contributed by atoms with Gasteiger partial charge < -0.3 is 20.9 Å². The summed E-state index contributed by atoms with van der Waals surface area (Å²) in [5, 5.41) is 11.8. The average molecular weight is 408 g/mol. The van der Waals surface area contributed by atoms with Crippen LogP contribution >= 0.6 is 0 Å². The van der Waals surface area contributed by atoms with Crippen LogP contribution in [0.15, 0.2) is 18.2 Å². The lowest BCUT2D eigenvalue weighted by molar-refractivity contribution is -0.205. The zero-order valence-corrected chi connectivity index (χ0v) is 16.6. The minimum atomic E-state index is -1.88. The fourth-order valence-corrected chi connectivity index (χ4v) is 3.35. The lowest BCUT2D eigenvalue weighted by Gasteiger charge is -2.33. The highest BCUT2D eigenvalue weighted by Crippen LogP contribution is 2.42. The van der Waals surface area contributed by atoms with Crippen LogP contribution in [0.5, 0.6) is 5.75 Å². The summed E-state index contributed by atoms with van der Waals surface area (Å²) in [6, 6.07) is 2.28. The van der Waals surface area contributed by atoms with Crippen molar-refractivity contribution in [2.24, 2.45) is 5.73 Å². The van der Waals surface area contributed by atoms with Crippen LogP contribution in [-0.2, 0) is 30.4 Å². The van der Waals surface area contributed by atoms with Crippen LogP contribution in [0, 0.1) is 0 Å². The summed E-state index contributed by atoms with van der Waals surface area (Å²) >= 11 is 0. The summed E-state index contributed by atoms with van der Waals surface area (Å²) in [7, 11) is 1.46. The number of hydrogen-bond acceptors (Lipinski definition) is 7. The molecule has 0 spiro atoms. The molecule has 0 saturated carbocycles. The predicted molar refractivity (Wildman–Crippen MR) is 103 cm³/mol. The number of ether oxygens (including phenoxy) is 1. The van der Waals surface area contributed by atoms with E-state index in [0.717, 1.165) is 12.8 Å². The number of aliphatic carboxylic acids is 1. The highest BCUT2D eigenvalue weighted by Gasteiger charge is 2.62. The van der Waals surface area contributed by atoms with E-state index >= 15 is 0 Å². The Kier molecular flexibility index (Phi) is 6.93. The van der Waals surface area contributed by atoms with E-state index in [-0.39, 0.29) is 12.1 Å². The maximum absolute atomic E-state index is 13.2. The van der Waals surface area contributed by atoms with Gasteiger partial charge >= 0.3 is 17.8 Å². The van der Waals surface area contributed by atoms with Gasteiger partial charge in [0.1, 0.15) is 11.8 Å². The van der Waals surface area contributed by atoms with Crippen molar-refractivity contribution >= 4 is 29.4 Å². The van der Waals surface area contributed by atoms with Gasteiger partial charge in [0.05, 0.1) is 7.11 Å². The molecule has 0 fully saturated rings. The molecule has 4 N–H and O–H groups in total. The number of hydroxylamine groups is 2. The van der Waals surface area contributed by atoms with E-state index in [1.807, 2.05) is 6.92 Å². The number of rotatable bonds is 6. The van der Waals surface area contributed by atoms with Gasteiger partial charge in [0.2, 0.25) is 6.04 Å². The largest absolute Gasteiger partial charge is 0.497 e. The van der Waals surface area contributed by atoms with Crippen molar-refractivity contribution in [3.8, 4) is 5.75 Å². The summed E-state index contributed by atoms with van der Waals surface area (Å²) in [5.74, 6) is -4.41. The Balaban J connectivity index is 2.63. The summed E-state index contributed by atoms with van der Waals surface area (Å²) in [5.41, 5.74) is 6.49. The van der Waals surface area contributed by atoms with Gasteiger partial charge in [0.25, 0.3) is 5.91 Å². The number of nitrogens with one attached hydrogen (secondary N) is 1. The van der Waals surface area contributed by atoms with Gasteiger partial charge in [-0.05, 0) is 30.1 Å². The van der Waals surface area contributed by atoms with Crippen LogP contribution in [0.3, 0.4) is 0 Å². The standard InChI is InChI=1S/C19H25N3O7/c1-4-5-8-21-16(23)15-10-12-9-13(28-3)6-7-14(12)22(15,17(24)11(2)20)29-19(27)18(25)26/h6-7,9,11,15H,4-5,8,10,20H2,1-3H3,(H-,21,23,25,26)/p+1/t11-,15-,22?/m0/s1. The van der Waals surface area contributed by atoms with E-state index in [2.05, 4.69) is 5.32 Å². The molecule has 3 atom stereocenters. The summed E-state index contributed by atoms with van der Waals surface area (Å²) in [6.07, 6.45) is 1.60. The molecule has 1 aromatic carbocycles. The van der Waals surface area contributed by atoms with E-state index in [0.29, 0.717) is 17.9 Å². The first-order chi connectivity index (χ1) is 13.7. The molecule has 0 aromatic heterocycles. The second kappa shape index (κ2) is 9.01. The number of carboxylic acid groups (broad SMARTS) is 1. The Hall–Kier alpha value is -2.98. The lowest BCUT2D eigenvalue weighted by Crippen LogP contribution is -2.67. The number of carbonyl (C=O) groups excluding carboxylic acids is 3. The number of fused-ring (bicyclic) bond motifs is 1. The molecule has 0 radical (unpaired) electrons. The third-order valence-electron chi connectivity index (χ3n) is 4.75. The first-order valence-electron chi connectivity index (χ1n) is 9.29. The SMILES string of the molecule is CCCCNC(=O)[C@@H]1Cc2cc(OC)ccc2[N+]1(OC(=O)C(=O)O)C(=O)[C@H](C)N. The van der Waals surface area contributed by atoms with Crippen molar-refractivity contribution in [2.45, 2.75) is 45.2 Å². The first kappa shape index (κ1) is 22.3. The molecule has 2 amide bonds. The fourth-order valence-electron chi connectivity index (χ4n) is 3.35. The van der Waals surface area contributed by atoms with Crippen LogP contribution in [0.4, 0.5) is 5.69 Å². The molecule has 1 heterocycles. The van der Waals surface area contributed by atoms with E-state index in [9.17, 15) is 19.2 Å². The molecule has 1 unspecified atom stereocenters. The van der Waals surface area contributed by atoms with Crippen LogP contribution in [0.25, 0.3) is 0 Å². The summed E-state index contributed by atoms with van der Waals surface area (Å²) in [4.78, 5) is 54.5. The van der Waals surface area contributed by atoms with E-state index < -0.39 is 40.5 Å². The maximum atomic E-state index is 13.2. The van der Waals surface area contributed by atoms with Gasteiger partial charge in [-0.2, -0.15) is 0 Å². The van der Waals surface area contributed by atoms with Gasteiger partial charge in [-0.15, -0.1) is 0 Å². The normalized spacial score (nSPS) is 21.0. The van der Waals surface area contributed by atoms with Gasteiger partial charge in [-0.3, -0.25) is 4.79 Å². The molecule has 0 saturated heterocycles. The maximum Gasteiger partial charge on any atom is 0.475 e. The average Bonchev–Trinajstić information content (AvgIpc) is 3.01. The molecule has 158 valence electrons. The van der Waals surface area contributed by atoms with E-state index in [4.69, 9.17) is 20.4 Å². The molecule has 10 nitrogen and oxygen atoms in total. The van der Waals surface area contributed by atoms with Gasteiger partial charge in [0.15, 0.2) is 5.69 Å². The molecule has 2 rings (SSSR count). The minimum Gasteiger partial charge on any atom is -0.497 e. The van der Waals surface area contributed by atoms with E-state index in [1.54, 1.807) is 6.07 Å². The van der Waals surface area contributed by atoms with E-state index in [1.165, 1.54) is 26.2 Å². The van der Waals surface area contributed by atoms with Crippen LogP contribution < -0.4 is 20.4 Å². The first-order valence-corrected chi connectivity index (χ1v) is 9.29. The van der Waals surface area contributed by atoms with Crippen molar-refractivity contribution in [1.82, 2.24) is 9.96 Å². The number of nitrogens with zero attached hydrogens (tertiary/aromatic N) is 1. The molecule has 1 aromatic rings. The fraction of sp³-hybridized carbons (Fsp3) is 0.474. The van der Waals surface area contributed by atoms with Crippen LogP contribution in [0.1, 0.15) is 32.3 Å². The number of methoxy groups -OCH3 is 1. The second-order valence-corrected chi connectivity index (χ2v) is 6.83. The molecule has 10 heteroatoms. The zero-order valence-electron chi connectivity index (χ0n) is 16.6. The quantitative estimate of drug-likeness (QED) is 0.345. The second-order valence-electron chi connectivity index (χ2n) is 6.83. The molecule has 0 aliphatic carbocycles. The third-order valence-corrected chi connectivity index (χ3v) is 4.75. The molecular weight excluding hydrogens is 382 g/mol. The zero-order chi connectivity index (χ0) is 21.8. The number of benzene rings is 1. The Morgan fingerprint density at radius 3 is 2.59 bits per heavy atom. The van der Waals surface area contributed by atoms with Crippen LogP contribution in [-0.4, -0.2) is 54.6 Å². The molecular formula is C19H26N3O7+. The highest BCUT2D eigenvalue weighted by atomic mass is 16.8. The Bertz CT molecular complexity index is 824. The summed E-state index contributed by atoms with van der Waals surface area (Å²) in [6.45, 7) is 3.70. The molecule has 1 aliphatic heterocycles. The number of hydrogen-bond donors (Lipinski definition) is 3. The van der Waals surface area contributed by atoms with Crippen molar-refractivity contribution in [3.63, 3.8) is 0 Å². The molecule has 29 heavy (non-hydrogen) atoms. The van der Waals surface area contributed by atoms with Gasteiger partial charge in [-0.1, -0.05) is 13.3 Å². The number of quaternary nitrogens is 1. The Morgan fingerprint density at radius 2 is 2.03 bits per heavy atom. The smallest absolute Gasteiger partial charge is 0.475 e. The Labute approximate surface area is 168 Å². The topological polar surface area (TPSA) is 145 Å². The highest BCUT2D eigenvalue weighted by molar-refractivity contribution is 6.29. The number of carboxylic acids is 1. The monoisotopic (exact) mass is 408 g/mol. The van der Waals surface area contributed by atoms with Crippen molar-refractivity contribution in [1.29, 1.82) is 0 Å². The molecule has 1 aliphatic rings. The van der Waals surface area contributed by atoms with Crippen molar-refractivity contribution in [3.05, 3.63) is 23.8 Å². The number of unbranched alkanes of at least 4 members (excludes halogenated alkanes) is 1. The van der Waals surface area contributed by atoms with Gasteiger partial charge in [0, 0.05) is 24.6 Å². The third kappa shape index (κ3) is 4.22. The van der Waals surface area contributed by atoms with Crippen molar-refractivity contribution in [2.75, 3.05) is 13.7 Å². The van der Waals surface area contributed by atoms with Crippen molar-refractivity contribution < 1.29 is 33.9 Å². The van der Waals surface area contributed by atoms with Crippen LogP contribution in [0.2, 0.25) is 0 Å². The number of amides is 2. The lowest BCUT2D eigenvalue weighted by atomic mass is 10.1. The van der Waals surface area contributed by atoms with Gasteiger partial charge in [-0.25, -0.2) is 19.2 Å². The minimum absolute atomic E-state index is 0.0376. The number of carbonyl (C=O) groups is 4. The Morgan fingerprint density at radius 1 is 1.34 bits per heavy atom. The number of nitrogens with two attached hydrogens (primary N) is 1. The molecule has 0 bridgehead atoms. The summed E-state index contributed by atoms with van der Waals surface area (Å²) < 4.78 is 3.96. The predicted octanol–water partition coefficient (Wildman–Crippen LogP) is 0.260.